The molecule has 15 heteroatoms. The number of benzene rings is 1. The number of nitrogen functional groups attached to an aromatic ring is 1. The average molecular weight is 640 g/mol. The summed E-state index contributed by atoms with van der Waals surface area (Å²) in [5, 5.41) is 6.41. The number of aromatic nitrogens is 3. The van der Waals surface area contributed by atoms with E-state index in [9.17, 15) is 17.6 Å². The highest BCUT2D eigenvalue weighted by Gasteiger charge is 2.49. The number of nitrogens with two attached hydrogens (primary N) is 1. The number of anilines is 2. The van der Waals surface area contributed by atoms with E-state index in [2.05, 4.69) is 25.6 Å². The summed E-state index contributed by atoms with van der Waals surface area (Å²) in [6, 6.07) is 0.847. The molecule has 5 heterocycles. The van der Waals surface area contributed by atoms with E-state index in [-0.39, 0.29) is 47.2 Å². The van der Waals surface area contributed by atoms with Gasteiger partial charge >= 0.3 is 12.2 Å². The average Bonchev–Trinajstić information content (AvgIpc) is 3.48. The second-order valence-electron chi connectivity index (χ2n) is 12.2. The zero-order valence-electron chi connectivity index (χ0n) is 25.0. The Morgan fingerprint density at radius 3 is 2.73 bits per heavy atom. The van der Waals surface area contributed by atoms with Gasteiger partial charge in [-0.3, -0.25) is 4.90 Å². The lowest BCUT2D eigenvalue weighted by Gasteiger charge is -2.30. The van der Waals surface area contributed by atoms with Gasteiger partial charge in [0.2, 0.25) is 5.88 Å². The number of nitrogens with one attached hydrogen (secondary N) is 2. The number of rotatable bonds is 5. The second kappa shape index (κ2) is 12.0. The Labute approximate surface area is 255 Å². The van der Waals surface area contributed by atoms with Crippen LogP contribution < -0.4 is 25.8 Å². The molecule has 45 heavy (non-hydrogen) atoms. The fourth-order valence-electron chi connectivity index (χ4n) is 6.69. The minimum atomic E-state index is -4.74. The molecule has 3 atom stereocenters. The van der Waals surface area contributed by atoms with Crippen molar-refractivity contribution < 1.29 is 35.8 Å². The molecule has 0 spiro atoms. The van der Waals surface area contributed by atoms with E-state index < -0.39 is 64.6 Å². The summed E-state index contributed by atoms with van der Waals surface area (Å²) >= 11 is 0. The fraction of sp³-hybridized carbons (Fsp3) is 0.567. The van der Waals surface area contributed by atoms with Crippen molar-refractivity contribution in [2.45, 2.75) is 69.9 Å². The summed E-state index contributed by atoms with van der Waals surface area (Å²) in [5.74, 6) is -2.49. The molecule has 0 radical (unpaired) electrons. The molecule has 0 bridgehead atoms. The van der Waals surface area contributed by atoms with Gasteiger partial charge in [0.1, 0.15) is 35.2 Å². The van der Waals surface area contributed by atoms with Crippen molar-refractivity contribution in [3.05, 3.63) is 28.8 Å². The van der Waals surface area contributed by atoms with Gasteiger partial charge in [-0.2, -0.15) is 23.1 Å². The first kappa shape index (κ1) is 31.4. The molecule has 0 aliphatic carbocycles. The lowest BCUT2D eigenvalue weighted by atomic mass is 9.94. The maximum atomic E-state index is 16.7. The first-order valence-corrected chi connectivity index (χ1v) is 15.0. The number of ether oxygens (including phenoxy) is 2. The molecule has 2 fully saturated rings. The summed E-state index contributed by atoms with van der Waals surface area (Å²) in [7, 11) is 0. The highest BCUT2D eigenvalue weighted by Crippen LogP contribution is 2.43. The van der Waals surface area contributed by atoms with E-state index in [1.54, 1.807) is 6.92 Å². The third-order valence-corrected chi connectivity index (χ3v) is 8.83. The van der Waals surface area contributed by atoms with Gasteiger partial charge in [-0.05, 0) is 63.4 Å². The summed E-state index contributed by atoms with van der Waals surface area (Å²) in [4.78, 5) is 15.2. The number of nitrogens with zero attached hydrogens (tertiary/aromatic N) is 4. The summed E-state index contributed by atoms with van der Waals surface area (Å²) in [6.45, 7) is 5.65. The van der Waals surface area contributed by atoms with E-state index >= 15 is 8.78 Å². The van der Waals surface area contributed by atoms with Gasteiger partial charge in [0.15, 0.2) is 11.6 Å². The molecule has 244 valence electrons. The van der Waals surface area contributed by atoms with Crippen LogP contribution in [0.2, 0.25) is 0 Å². The Hall–Kier alpha value is -3.59. The number of fused-ring (bicyclic) bond motifs is 1. The smallest absolute Gasteiger partial charge is 0.393 e. The van der Waals surface area contributed by atoms with Crippen molar-refractivity contribution in [3.8, 4) is 23.1 Å². The fourth-order valence-corrected chi connectivity index (χ4v) is 6.69. The molecule has 2 aromatic heterocycles. The van der Waals surface area contributed by atoms with E-state index in [1.807, 2.05) is 4.90 Å². The number of hydrogen-bond acceptors (Lipinski definition) is 9. The van der Waals surface area contributed by atoms with E-state index in [4.69, 9.17) is 15.2 Å². The van der Waals surface area contributed by atoms with Gasteiger partial charge in [-0.15, -0.1) is 0 Å². The lowest BCUT2D eigenvalue weighted by Crippen LogP contribution is -2.43. The molecule has 3 aromatic rings. The number of hydrogen-bond donors (Lipinski definition) is 3. The molecule has 3 aliphatic heterocycles. The van der Waals surface area contributed by atoms with Crippen LogP contribution in [-0.2, 0) is 6.42 Å². The molecule has 1 aromatic carbocycles. The Balaban J connectivity index is 1.54. The van der Waals surface area contributed by atoms with Crippen LogP contribution in [0.4, 0.5) is 37.8 Å². The molecular formula is C30H35F6N7O2. The predicted octanol–water partition coefficient (Wildman–Crippen LogP) is 5.09. The molecule has 0 amide bonds. The number of pyridine rings is 1. The second-order valence-corrected chi connectivity index (χ2v) is 12.2. The molecule has 6 rings (SSSR count). The van der Waals surface area contributed by atoms with Crippen molar-refractivity contribution in [2.24, 2.45) is 0 Å². The Bertz CT molecular complexity index is 1610. The predicted molar refractivity (Wildman–Crippen MR) is 156 cm³/mol. The molecule has 4 N–H and O–H groups in total. The van der Waals surface area contributed by atoms with Crippen LogP contribution in [0.5, 0.6) is 11.9 Å². The van der Waals surface area contributed by atoms with Gasteiger partial charge in [0.05, 0.1) is 23.8 Å². The van der Waals surface area contributed by atoms with Crippen LogP contribution >= 0.6 is 0 Å². The van der Waals surface area contributed by atoms with E-state index in [0.717, 1.165) is 19.0 Å². The van der Waals surface area contributed by atoms with Gasteiger partial charge in [-0.1, -0.05) is 0 Å². The van der Waals surface area contributed by atoms with Crippen LogP contribution in [0.3, 0.4) is 0 Å². The van der Waals surface area contributed by atoms with Crippen molar-refractivity contribution >= 4 is 22.4 Å². The summed E-state index contributed by atoms with van der Waals surface area (Å²) < 4.78 is 99.9. The van der Waals surface area contributed by atoms with Crippen molar-refractivity contribution in [1.29, 1.82) is 0 Å². The normalized spacial score (nSPS) is 24.2. The molecule has 2 saturated heterocycles. The molecule has 9 nitrogen and oxygen atoms in total. The van der Waals surface area contributed by atoms with Crippen LogP contribution in [0, 0.1) is 18.6 Å². The zero-order valence-corrected chi connectivity index (χ0v) is 25.0. The standard InChI is InChI=1S/C30H35F6N7O2/c1-15-10-19(37)22(32)20(18(15)12-30(34,35)36)24-23(33)25-21-26(39-8-7-38-6-4-16(2)45-27(21)40-24)42-28(41-25)44-14-29-5-3-9-43(29)13-17(31)11-29/h10,16-17,38H,3-9,11-14,37H2,1-2H3,(H,39,41,42)/t16-,17+,29-/m0/s1. The topological polar surface area (TPSA) is 110 Å². The summed E-state index contributed by atoms with van der Waals surface area (Å²) in [6.07, 6.45) is -5.35. The first-order valence-electron chi connectivity index (χ1n) is 15.0. The summed E-state index contributed by atoms with van der Waals surface area (Å²) in [5.41, 5.74) is 2.51. The number of alkyl halides is 4. The molecule has 0 saturated carbocycles. The van der Waals surface area contributed by atoms with Gasteiger partial charge < -0.3 is 25.8 Å². The SMILES string of the molecule is Cc1cc(N)c(F)c(-c2nc3c4c(nc(OC[C@@]56CCCN5C[C@H](F)C6)nc4c2F)NCCNCC[C@H](C)O3)c1CC(F)(F)F. The van der Waals surface area contributed by atoms with Crippen LogP contribution in [0.15, 0.2) is 6.07 Å². The van der Waals surface area contributed by atoms with Crippen LogP contribution in [-0.4, -0.2) is 83.2 Å². The number of halogens is 6. The largest absolute Gasteiger partial charge is 0.474 e. The third-order valence-electron chi connectivity index (χ3n) is 8.83. The van der Waals surface area contributed by atoms with Crippen molar-refractivity contribution in [2.75, 3.05) is 50.4 Å². The van der Waals surface area contributed by atoms with E-state index in [0.29, 0.717) is 39.0 Å². The molecule has 0 unspecified atom stereocenters. The Morgan fingerprint density at radius 2 is 1.96 bits per heavy atom. The highest BCUT2D eigenvalue weighted by molar-refractivity contribution is 5.96. The monoisotopic (exact) mass is 639 g/mol. The Morgan fingerprint density at radius 1 is 1.16 bits per heavy atom. The van der Waals surface area contributed by atoms with E-state index in [1.165, 1.54) is 6.92 Å². The Kier molecular flexibility index (Phi) is 8.35. The minimum Gasteiger partial charge on any atom is -0.474 e. The van der Waals surface area contributed by atoms with Crippen LogP contribution in [0.1, 0.15) is 43.7 Å². The quantitative estimate of drug-likeness (QED) is 0.260. The maximum Gasteiger partial charge on any atom is 0.393 e. The minimum absolute atomic E-state index is 0.0208. The number of aryl methyl sites for hydroxylation is 1. The van der Waals surface area contributed by atoms with Gasteiger partial charge in [0.25, 0.3) is 0 Å². The van der Waals surface area contributed by atoms with Gasteiger partial charge in [0, 0.05) is 31.6 Å². The van der Waals surface area contributed by atoms with Crippen molar-refractivity contribution in [3.63, 3.8) is 0 Å². The molecule has 3 aliphatic rings. The van der Waals surface area contributed by atoms with Crippen molar-refractivity contribution in [1.82, 2.24) is 25.2 Å². The maximum absolute atomic E-state index is 16.7. The highest BCUT2D eigenvalue weighted by atomic mass is 19.4. The molecular weight excluding hydrogens is 604 g/mol. The zero-order chi connectivity index (χ0) is 32.1. The van der Waals surface area contributed by atoms with Gasteiger partial charge in [-0.25, -0.2) is 18.2 Å². The first-order chi connectivity index (χ1) is 21.3. The van der Waals surface area contributed by atoms with Crippen LogP contribution in [0.25, 0.3) is 22.2 Å². The lowest BCUT2D eigenvalue weighted by molar-refractivity contribution is -0.127. The third kappa shape index (κ3) is 6.16.